The van der Waals surface area contributed by atoms with Gasteiger partial charge in [0.25, 0.3) is 0 Å². The molecule has 0 atom stereocenters. The van der Waals surface area contributed by atoms with Crippen molar-refractivity contribution in [1.82, 2.24) is 9.97 Å². The third kappa shape index (κ3) is 6.05. The monoisotopic (exact) mass is 423 g/mol. The van der Waals surface area contributed by atoms with Crippen molar-refractivity contribution in [2.75, 3.05) is 38.4 Å². The highest BCUT2D eigenvalue weighted by molar-refractivity contribution is 5.93. The predicted octanol–water partition coefficient (Wildman–Crippen LogP) is 2.21. The maximum absolute atomic E-state index is 10.5. The minimum Gasteiger partial charge on any atom is -0.487 e. The highest BCUT2D eigenvalue weighted by atomic mass is 16.5. The topological polar surface area (TPSA) is 123 Å². The third-order valence-electron chi connectivity index (χ3n) is 4.05. The Morgan fingerprint density at radius 3 is 2.68 bits per heavy atom. The van der Waals surface area contributed by atoms with Crippen LogP contribution in [0.1, 0.15) is 5.56 Å². The molecule has 9 nitrogen and oxygen atoms in total. The lowest BCUT2D eigenvalue weighted by molar-refractivity contribution is -0.142. The zero-order valence-electron chi connectivity index (χ0n) is 16.6. The Morgan fingerprint density at radius 2 is 1.90 bits per heavy atom. The summed E-state index contributed by atoms with van der Waals surface area (Å²) < 4.78 is 16.3. The van der Waals surface area contributed by atoms with Gasteiger partial charge in [-0.25, -0.2) is 14.8 Å². The third-order valence-corrected chi connectivity index (χ3v) is 4.05. The van der Waals surface area contributed by atoms with Crippen LogP contribution < -0.4 is 14.8 Å². The number of aliphatic carboxylic acids is 1. The summed E-state index contributed by atoms with van der Waals surface area (Å²) in [5, 5.41) is 21.6. The molecule has 9 heteroatoms. The lowest BCUT2D eigenvalue weighted by Gasteiger charge is -2.15. The number of nitrogens with zero attached hydrogens (tertiary/aromatic N) is 2. The van der Waals surface area contributed by atoms with E-state index in [0.29, 0.717) is 28.2 Å². The number of aliphatic hydroxyl groups excluding tert-OH is 1. The first-order chi connectivity index (χ1) is 15.1. The Kier molecular flexibility index (Phi) is 7.59. The molecule has 0 amide bonds. The fourth-order valence-corrected chi connectivity index (χ4v) is 2.74. The number of aliphatic hydroxyl groups is 1. The van der Waals surface area contributed by atoms with E-state index >= 15 is 0 Å². The number of benzene rings is 2. The van der Waals surface area contributed by atoms with E-state index in [1.165, 1.54) is 6.33 Å². The van der Waals surface area contributed by atoms with E-state index in [1.807, 2.05) is 24.3 Å². The lowest BCUT2D eigenvalue weighted by atomic mass is 10.2. The van der Waals surface area contributed by atoms with Crippen LogP contribution in [0.5, 0.6) is 11.5 Å². The van der Waals surface area contributed by atoms with Crippen LogP contribution in [-0.2, 0) is 9.53 Å². The molecule has 2 aromatic carbocycles. The van der Waals surface area contributed by atoms with Gasteiger partial charge in [0.15, 0.2) is 11.5 Å². The molecule has 0 saturated heterocycles. The van der Waals surface area contributed by atoms with E-state index in [4.69, 9.17) is 30.8 Å². The lowest BCUT2D eigenvalue weighted by Crippen LogP contribution is -2.13. The molecular weight excluding hydrogens is 402 g/mol. The molecule has 160 valence electrons. The molecule has 0 radical (unpaired) electrons. The second-order valence-corrected chi connectivity index (χ2v) is 6.26. The van der Waals surface area contributed by atoms with Crippen molar-refractivity contribution in [3.8, 4) is 23.8 Å². The number of hydrogen-bond acceptors (Lipinski definition) is 8. The molecule has 3 rings (SSSR count). The molecule has 1 heterocycles. The summed E-state index contributed by atoms with van der Waals surface area (Å²) in [6.07, 6.45) is 6.89. The van der Waals surface area contributed by atoms with E-state index in [0.717, 1.165) is 11.3 Å². The van der Waals surface area contributed by atoms with E-state index < -0.39 is 12.6 Å². The van der Waals surface area contributed by atoms with Gasteiger partial charge in [-0.2, -0.15) is 0 Å². The molecule has 0 saturated carbocycles. The molecule has 1 aromatic heterocycles. The van der Waals surface area contributed by atoms with Gasteiger partial charge < -0.3 is 29.7 Å². The van der Waals surface area contributed by atoms with Crippen molar-refractivity contribution >= 4 is 28.4 Å². The Bertz CT molecular complexity index is 1100. The Labute approximate surface area is 178 Å². The van der Waals surface area contributed by atoms with Crippen LogP contribution in [0.2, 0.25) is 0 Å². The number of aromatic nitrogens is 2. The number of ether oxygens (including phenoxy) is 3. The highest BCUT2D eigenvalue weighted by Gasteiger charge is 2.13. The van der Waals surface area contributed by atoms with E-state index in [-0.39, 0.29) is 26.4 Å². The van der Waals surface area contributed by atoms with Gasteiger partial charge in [0, 0.05) is 22.7 Å². The minimum absolute atomic E-state index is 0.0675. The Balaban J connectivity index is 1.86. The van der Waals surface area contributed by atoms with Crippen LogP contribution in [0.15, 0.2) is 42.7 Å². The van der Waals surface area contributed by atoms with E-state index in [2.05, 4.69) is 21.2 Å². The van der Waals surface area contributed by atoms with Crippen molar-refractivity contribution in [3.63, 3.8) is 0 Å². The Hall–Kier alpha value is -3.87. The summed E-state index contributed by atoms with van der Waals surface area (Å²) in [6.45, 7) is -0.306. The fraction of sp³-hybridized carbons (Fsp3) is 0.227. The quantitative estimate of drug-likeness (QED) is 0.315. The van der Waals surface area contributed by atoms with Gasteiger partial charge >= 0.3 is 5.97 Å². The summed E-state index contributed by atoms with van der Waals surface area (Å²) in [5.41, 5.74) is 2.10. The van der Waals surface area contributed by atoms with Gasteiger partial charge in [-0.1, -0.05) is 12.0 Å². The molecule has 3 N–H and O–H groups in total. The smallest absolute Gasteiger partial charge is 0.329 e. The number of rotatable bonds is 11. The molecule has 0 unspecified atom stereocenters. The fourth-order valence-electron chi connectivity index (χ4n) is 2.74. The second kappa shape index (κ2) is 10.8. The minimum atomic E-state index is -1.05. The zero-order valence-corrected chi connectivity index (χ0v) is 16.6. The number of hydrogen-bond donors (Lipinski definition) is 3. The molecule has 0 aliphatic carbocycles. The number of carbonyl (C=O) groups is 1. The molecular formula is C22H21N3O6. The molecule has 0 spiro atoms. The first kappa shape index (κ1) is 21.8. The molecule has 0 bridgehead atoms. The molecule has 0 aliphatic heterocycles. The van der Waals surface area contributed by atoms with Crippen LogP contribution >= 0.6 is 0 Å². The second-order valence-electron chi connectivity index (χ2n) is 6.26. The van der Waals surface area contributed by atoms with Gasteiger partial charge in [0.2, 0.25) is 0 Å². The van der Waals surface area contributed by atoms with Gasteiger partial charge in [0.1, 0.15) is 32.0 Å². The first-order valence-electron chi connectivity index (χ1n) is 9.39. The summed E-state index contributed by atoms with van der Waals surface area (Å²) in [4.78, 5) is 19.1. The average molecular weight is 423 g/mol. The summed E-state index contributed by atoms with van der Waals surface area (Å²) in [5.74, 6) is 2.85. The number of terminal acetylenes is 1. The van der Waals surface area contributed by atoms with Crippen LogP contribution in [0.4, 0.5) is 11.5 Å². The van der Waals surface area contributed by atoms with Crippen molar-refractivity contribution in [1.29, 1.82) is 0 Å². The average Bonchev–Trinajstić information content (AvgIpc) is 2.77. The largest absolute Gasteiger partial charge is 0.487 e. The van der Waals surface area contributed by atoms with Gasteiger partial charge in [-0.3, -0.25) is 0 Å². The van der Waals surface area contributed by atoms with Crippen LogP contribution in [-0.4, -0.2) is 59.2 Å². The van der Waals surface area contributed by atoms with Gasteiger partial charge in [0.05, 0.1) is 18.7 Å². The number of anilines is 2. The molecule has 31 heavy (non-hydrogen) atoms. The van der Waals surface area contributed by atoms with Crippen LogP contribution in [0.3, 0.4) is 0 Å². The van der Waals surface area contributed by atoms with Crippen LogP contribution in [0.25, 0.3) is 10.9 Å². The number of carboxylic acid groups (broad SMARTS) is 1. The molecule has 0 fully saturated rings. The molecule has 3 aromatic rings. The number of nitrogens with one attached hydrogen (secondary N) is 1. The van der Waals surface area contributed by atoms with Crippen molar-refractivity contribution in [2.24, 2.45) is 0 Å². The molecule has 0 aliphatic rings. The Morgan fingerprint density at radius 1 is 1.10 bits per heavy atom. The normalized spacial score (nSPS) is 10.5. The summed E-state index contributed by atoms with van der Waals surface area (Å²) in [6, 6.07) is 10.8. The highest BCUT2D eigenvalue weighted by Crippen LogP contribution is 2.35. The summed E-state index contributed by atoms with van der Waals surface area (Å²) >= 11 is 0. The van der Waals surface area contributed by atoms with E-state index in [1.54, 1.807) is 12.1 Å². The maximum Gasteiger partial charge on any atom is 0.329 e. The first-order valence-corrected chi connectivity index (χ1v) is 9.39. The van der Waals surface area contributed by atoms with Crippen LogP contribution in [0, 0.1) is 12.3 Å². The summed E-state index contributed by atoms with van der Waals surface area (Å²) in [7, 11) is 0. The zero-order chi connectivity index (χ0) is 22.1. The van der Waals surface area contributed by atoms with Gasteiger partial charge in [-0.15, -0.1) is 6.42 Å². The van der Waals surface area contributed by atoms with E-state index in [9.17, 15) is 4.79 Å². The van der Waals surface area contributed by atoms with Crippen molar-refractivity contribution < 1.29 is 29.2 Å². The van der Waals surface area contributed by atoms with Gasteiger partial charge in [-0.05, 0) is 24.3 Å². The SMILES string of the molecule is C#Cc1cccc(Nc2ncnc3cc(OCCOCC(=O)O)c(OCCO)cc23)c1. The number of carboxylic acids is 1. The van der Waals surface area contributed by atoms with Crippen molar-refractivity contribution in [2.45, 2.75) is 0 Å². The van der Waals surface area contributed by atoms with Crippen molar-refractivity contribution in [3.05, 3.63) is 48.3 Å². The maximum atomic E-state index is 10.5. The number of fused-ring (bicyclic) bond motifs is 1. The predicted molar refractivity (Wildman–Crippen MR) is 114 cm³/mol. The standard InChI is InChI=1S/C22H21N3O6/c1-2-15-4-3-5-16(10-15)25-22-17-11-19(30-7-6-26)20(12-18(17)23-14-24-22)31-9-8-29-13-21(27)28/h1,3-5,10-12,14,26H,6-9,13H2,(H,27,28)(H,23,24,25).